The summed E-state index contributed by atoms with van der Waals surface area (Å²) in [6.07, 6.45) is 5.00. The standard InChI is InChI=1S/C16H15Br2N3O2/c17-11-8-19-16(20-9-11)23-12-4-3-7-21(10-12)15(22)13-5-1-2-6-14(13)18/h1-2,5-6,8-9,12H,3-4,7,10H2. The van der Waals surface area contributed by atoms with Crippen molar-refractivity contribution in [3.63, 3.8) is 0 Å². The molecule has 1 aromatic heterocycles. The highest BCUT2D eigenvalue weighted by atomic mass is 79.9. The summed E-state index contributed by atoms with van der Waals surface area (Å²) in [6, 6.07) is 7.81. The number of halogens is 2. The fourth-order valence-corrected chi connectivity index (χ4v) is 3.19. The first kappa shape index (κ1) is 16.4. The molecule has 23 heavy (non-hydrogen) atoms. The topological polar surface area (TPSA) is 55.3 Å². The van der Waals surface area contributed by atoms with Gasteiger partial charge in [0.25, 0.3) is 5.91 Å². The molecular weight excluding hydrogens is 426 g/mol. The minimum Gasteiger partial charge on any atom is -0.458 e. The van der Waals surface area contributed by atoms with Crippen molar-refractivity contribution in [2.45, 2.75) is 18.9 Å². The van der Waals surface area contributed by atoms with E-state index < -0.39 is 0 Å². The van der Waals surface area contributed by atoms with E-state index in [9.17, 15) is 4.79 Å². The molecule has 1 aliphatic heterocycles. The van der Waals surface area contributed by atoms with Gasteiger partial charge in [-0.3, -0.25) is 4.79 Å². The van der Waals surface area contributed by atoms with E-state index in [2.05, 4.69) is 41.8 Å². The fourth-order valence-electron chi connectivity index (χ4n) is 2.53. The third-order valence-corrected chi connectivity index (χ3v) is 4.74. The van der Waals surface area contributed by atoms with Crippen LogP contribution in [0.3, 0.4) is 0 Å². The lowest BCUT2D eigenvalue weighted by molar-refractivity contribution is 0.0515. The highest BCUT2D eigenvalue weighted by Gasteiger charge is 2.27. The van der Waals surface area contributed by atoms with Gasteiger partial charge >= 0.3 is 6.01 Å². The second-order valence-electron chi connectivity index (χ2n) is 5.30. The van der Waals surface area contributed by atoms with Crippen LogP contribution in [0.15, 0.2) is 45.6 Å². The molecule has 5 nitrogen and oxygen atoms in total. The maximum atomic E-state index is 12.7. The van der Waals surface area contributed by atoms with Gasteiger partial charge in [-0.15, -0.1) is 0 Å². The molecule has 0 aliphatic carbocycles. The largest absolute Gasteiger partial charge is 0.458 e. The summed E-state index contributed by atoms with van der Waals surface area (Å²) >= 11 is 6.73. The first-order valence-electron chi connectivity index (χ1n) is 7.31. The van der Waals surface area contributed by atoms with Gasteiger partial charge in [-0.1, -0.05) is 12.1 Å². The summed E-state index contributed by atoms with van der Waals surface area (Å²) in [5.74, 6) is 0.0162. The molecule has 1 atom stereocenters. The summed E-state index contributed by atoms with van der Waals surface area (Å²) < 4.78 is 7.42. The normalized spacial score (nSPS) is 17.8. The maximum absolute atomic E-state index is 12.7. The molecule has 7 heteroatoms. The van der Waals surface area contributed by atoms with Gasteiger partial charge in [0.1, 0.15) is 6.10 Å². The minimum atomic E-state index is -0.0867. The molecule has 1 amide bonds. The molecule has 1 saturated heterocycles. The Morgan fingerprint density at radius 1 is 1.22 bits per heavy atom. The van der Waals surface area contributed by atoms with E-state index in [1.807, 2.05) is 29.2 Å². The molecule has 1 unspecified atom stereocenters. The van der Waals surface area contributed by atoms with Gasteiger partial charge in [-0.2, -0.15) is 0 Å². The van der Waals surface area contributed by atoms with Gasteiger partial charge in [0, 0.05) is 23.4 Å². The van der Waals surface area contributed by atoms with E-state index in [0.29, 0.717) is 18.1 Å². The van der Waals surface area contributed by atoms with Crippen LogP contribution in [0.1, 0.15) is 23.2 Å². The Kier molecular flexibility index (Phi) is 5.27. The number of carbonyl (C=O) groups excluding carboxylic acids is 1. The molecule has 1 aromatic carbocycles. The summed E-state index contributed by atoms with van der Waals surface area (Å²) in [4.78, 5) is 22.7. The van der Waals surface area contributed by atoms with Gasteiger partial charge in [0.15, 0.2) is 0 Å². The summed E-state index contributed by atoms with van der Waals surface area (Å²) in [7, 11) is 0. The maximum Gasteiger partial charge on any atom is 0.316 e. The predicted octanol–water partition coefficient (Wildman–Crippen LogP) is 3.69. The lowest BCUT2D eigenvalue weighted by atomic mass is 10.1. The van der Waals surface area contributed by atoms with E-state index in [4.69, 9.17) is 4.74 Å². The van der Waals surface area contributed by atoms with Crippen LogP contribution in [-0.2, 0) is 0 Å². The van der Waals surface area contributed by atoms with Crippen molar-refractivity contribution < 1.29 is 9.53 Å². The highest BCUT2D eigenvalue weighted by Crippen LogP contribution is 2.22. The zero-order valence-corrected chi connectivity index (χ0v) is 15.5. The highest BCUT2D eigenvalue weighted by molar-refractivity contribution is 9.10. The predicted molar refractivity (Wildman–Crippen MR) is 93.4 cm³/mol. The second-order valence-corrected chi connectivity index (χ2v) is 7.07. The Balaban J connectivity index is 1.67. The van der Waals surface area contributed by atoms with Gasteiger partial charge < -0.3 is 9.64 Å². The van der Waals surface area contributed by atoms with Crippen molar-refractivity contribution in [2.24, 2.45) is 0 Å². The zero-order valence-electron chi connectivity index (χ0n) is 12.3. The Morgan fingerprint density at radius 2 is 1.96 bits per heavy atom. The van der Waals surface area contributed by atoms with Crippen LogP contribution in [0, 0.1) is 0 Å². The van der Waals surface area contributed by atoms with Gasteiger partial charge in [0.2, 0.25) is 0 Å². The lowest BCUT2D eigenvalue weighted by Gasteiger charge is -2.32. The number of ether oxygens (including phenoxy) is 1. The smallest absolute Gasteiger partial charge is 0.316 e. The number of rotatable bonds is 3. The SMILES string of the molecule is O=C(c1ccccc1Br)N1CCCC(Oc2ncc(Br)cn2)C1. The van der Waals surface area contributed by atoms with Crippen LogP contribution in [-0.4, -0.2) is 40.0 Å². The molecule has 1 aliphatic rings. The molecule has 0 N–H and O–H groups in total. The molecule has 3 rings (SSSR count). The molecule has 2 aromatic rings. The van der Waals surface area contributed by atoms with E-state index in [0.717, 1.165) is 28.3 Å². The summed E-state index contributed by atoms with van der Waals surface area (Å²) in [6.45, 7) is 1.28. The van der Waals surface area contributed by atoms with Gasteiger partial charge in [0.05, 0.1) is 16.6 Å². The first-order chi connectivity index (χ1) is 11.1. The molecular formula is C16H15Br2N3O2. The van der Waals surface area contributed by atoms with Crippen LogP contribution >= 0.6 is 31.9 Å². The first-order valence-corrected chi connectivity index (χ1v) is 8.90. The number of hydrogen-bond donors (Lipinski definition) is 0. The van der Waals surface area contributed by atoms with E-state index >= 15 is 0 Å². The molecule has 2 heterocycles. The minimum absolute atomic E-state index is 0.0162. The fraction of sp³-hybridized carbons (Fsp3) is 0.312. The van der Waals surface area contributed by atoms with Crippen LogP contribution in [0.4, 0.5) is 0 Å². The molecule has 120 valence electrons. The average molecular weight is 441 g/mol. The van der Waals surface area contributed by atoms with Crippen LogP contribution in [0.5, 0.6) is 6.01 Å². The zero-order chi connectivity index (χ0) is 16.2. The number of hydrogen-bond acceptors (Lipinski definition) is 4. The summed E-state index contributed by atoms with van der Waals surface area (Å²) in [5.41, 5.74) is 0.674. The van der Waals surface area contributed by atoms with Crippen molar-refractivity contribution in [2.75, 3.05) is 13.1 Å². The van der Waals surface area contributed by atoms with Gasteiger partial charge in [-0.25, -0.2) is 9.97 Å². The van der Waals surface area contributed by atoms with Gasteiger partial charge in [-0.05, 0) is 56.8 Å². The van der Waals surface area contributed by atoms with Crippen molar-refractivity contribution in [3.8, 4) is 6.01 Å². The monoisotopic (exact) mass is 439 g/mol. The number of likely N-dealkylation sites (tertiary alicyclic amines) is 1. The molecule has 0 bridgehead atoms. The van der Waals surface area contributed by atoms with Crippen LogP contribution < -0.4 is 4.74 Å². The number of amides is 1. The van der Waals surface area contributed by atoms with Crippen molar-refractivity contribution >= 4 is 37.8 Å². The Bertz CT molecular complexity index is 694. The van der Waals surface area contributed by atoms with Crippen molar-refractivity contribution in [1.29, 1.82) is 0 Å². The molecule has 0 spiro atoms. The van der Waals surface area contributed by atoms with E-state index in [1.165, 1.54) is 0 Å². The summed E-state index contributed by atoms with van der Waals surface area (Å²) in [5, 5.41) is 0. The number of piperidine rings is 1. The Hall–Kier alpha value is -1.47. The van der Waals surface area contributed by atoms with Crippen molar-refractivity contribution in [3.05, 3.63) is 51.2 Å². The van der Waals surface area contributed by atoms with Crippen LogP contribution in [0.25, 0.3) is 0 Å². The van der Waals surface area contributed by atoms with E-state index in [1.54, 1.807) is 12.4 Å². The molecule has 1 fully saturated rings. The molecule has 0 radical (unpaired) electrons. The number of carbonyl (C=O) groups is 1. The average Bonchev–Trinajstić information content (AvgIpc) is 2.57. The lowest BCUT2D eigenvalue weighted by Crippen LogP contribution is -2.44. The molecule has 0 saturated carbocycles. The quantitative estimate of drug-likeness (QED) is 0.730. The third kappa shape index (κ3) is 4.09. The number of nitrogens with zero attached hydrogens (tertiary/aromatic N) is 3. The number of aromatic nitrogens is 2. The van der Waals surface area contributed by atoms with Crippen molar-refractivity contribution in [1.82, 2.24) is 14.9 Å². The van der Waals surface area contributed by atoms with Crippen LogP contribution in [0.2, 0.25) is 0 Å². The van der Waals surface area contributed by atoms with E-state index in [-0.39, 0.29) is 12.0 Å². The number of benzene rings is 1. The Morgan fingerprint density at radius 3 is 2.70 bits per heavy atom. The Labute approximate surface area is 151 Å². The second kappa shape index (κ2) is 7.40. The third-order valence-electron chi connectivity index (χ3n) is 3.64.